The fraction of sp³-hybridized carbons (Fsp3) is 0.190. The molecular formula is C21H20N2O5. The molecule has 1 atom stereocenters. The molecular weight excluding hydrogens is 360 g/mol. The highest BCUT2D eigenvalue weighted by Crippen LogP contribution is 2.25. The van der Waals surface area contributed by atoms with Crippen LogP contribution in [0.3, 0.4) is 0 Å². The molecule has 0 unspecified atom stereocenters. The molecule has 144 valence electrons. The summed E-state index contributed by atoms with van der Waals surface area (Å²) in [5, 5.41) is 3.77. The normalized spacial score (nSPS) is 11.7. The van der Waals surface area contributed by atoms with Gasteiger partial charge in [-0.25, -0.2) is 4.79 Å². The molecule has 1 heterocycles. The fourth-order valence-electron chi connectivity index (χ4n) is 2.75. The molecule has 1 amide bonds. The van der Waals surface area contributed by atoms with Crippen molar-refractivity contribution >= 4 is 28.3 Å². The number of anilines is 1. The number of aromatic amines is 1. The van der Waals surface area contributed by atoms with Gasteiger partial charge in [-0.15, -0.1) is 0 Å². The average molecular weight is 380 g/mol. The van der Waals surface area contributed by atoms with Crippen LogP contribution in [-0.2, 0) is 9.53 Å². The van der Waals surface area contributed by atoms with Gasteiger partial charge in [0.2, 0.25) is 0 Å². The number of rotatable bonds is 5. The van der Waals surface area contributed by atoms with Gasteiger partial charge in [0.25, 0.3) is 11.5 Å². The number of aryl methyl sites for hydroxylation is 1. The highest BCUT2D eigenvalue weighted by atomic mass is 16.5. The van der Waals surface area contributed by atoms with Gasteiger partial charge in [0.1, 0.15) is 11.4 Å². The Morgan fingerprint density at radius 1 is 1.11 bits per heavy atom. The molecule has 28 heavy (non-hydrogen) atoms. The van der Waals surface area contributed by atoms with E-state index in [-0.39, 0.29) is 5.69 Å². The monoisotopic (exact) mass is 380 g/mol. The predicted octanol–water partition coefficient (Wildman–Crippen LogP) is 3.03. The van der Waals surface area contributed by atoms with E-state index in [1.807, 2.05) is 13.0 Å². The molecule has 0 bridgehead atoms. The molecule has 1 aromatic heterocycles. The van der Waals surface area contributed by atoms with Crippen molar-refractivity contribution in [3.8, 4) is 5.75 Å². The summed E-state index contributed by atoms with van der Waals surface area (Å²) in [4.78, 5) is 39.4. The number of fused-ring (bicyclic) bond motifs is 1. The van der Waals surface area contributed by atoms with Gasteiger partial charge in [-0.05, 0) is 49.1 Å². The molecule has 0 radical (unpaired) electrons. The van der Waals surface area contributed by atoms with Crippen molar-refractivity contribution in [1.29, 1.82) is 0 Å². The van der Waals surface area contributed by atoms with Crippen LogP contribution in [-0.4, -0.2) is 30.1 Å². The second-order valence-corrected chi connectivity index (χ2v) is 6.34. The zero-order valence-electron chi connectivity index (χ0n) is 15.7. The zero-order valence-corrected chi connectivity index (χ0v) is 15.7. The van der Waals surface area contributed by atoms with Gasteiger partial charge in [-0.3, -0.25) is 9.59 Å². The number of hydrogen-bond acceptors (Lipinski definition) is 5. The Bertz CT molecular complexity index is 1100. The van der Waals surface area contributed by atoms with E-state index >= 15 is 0 Å². The average Bonchev–Trinajstić information content (AvgIpc) is 2.68. The molecule has 2 N–H and O–H groups in total. The maximum Gasteiger partial charge on any atom is 0.355 e. The van der Waals surface area contributed by atoms with Gasteiger partial charge >= 0.3 is 5.97 Å². The number of carbonyl (C=O) groups excluding carboxylic acids is 2. The number of benzene rings is 2. The van der Waals surface area contributed by atoms with Crippen molar-refractivity contribution in [3.63, 3.8) is 0 Å². The number of nitrogens with one attached hydrogen (secondary N) is 2. The van der Waals surface area contributed by atoms with Crippen molar-refractivity contribution in [1.82, 2.24) is 4.98 Å². The molecule has 3 aromatic rings. The standard InChI is InChI=1S/C21H20N2O5/c1-12-8-9-18(27-3)16(10-12)22-19(24)13(2)28-21(26)17-11-14-6-4-5-7-15(14)20(25)23-17/h4-11,13H,1-3H3,(H,22,24)(H,23,25)/t13-/m0/s1. The van der Waals surface area contributed by atoms with Gasteiger partial charge in [0, 0.05) is 5.39 Å². The van der Waals surface area contributed by atoms with Crippen LogP contribution in [0.25, 0.3) is 10.8 Å². The molecule has 0 aliphatic heterocycles. The lowest BCUT2D eigenvalue weighted by atomic mass is 10.1. The summed E-state index contributed by atoms with van der Waals surface area (Å²) in [6, 6.07) is 13.8. The minimum Gasteiger partial charge on any atom is -0.495 e. The maximum atomic E-state index is 12.4. The van der Waals surface area contributed by atoms with Crippen molar-refractivity contribution in [2.45, 2.75) is 20.0 Å². The molecule has 7 heteroatoms. The van der Waals surface area contributed by atoms with Crippen LogP contribution < -0.4 is 15.6 Å². The SMILES string of the molecule is COc1ccc(C)cc1NC(=O)[C@H](C)OC(=O)c1cc2ccccc2c(=O)[nH]1. The van der Waals surface area contributed by atoms with E-state index in [4.69, 9.17) is 9.47 Å². The summed E-state index contributed by atoms with van der Waals surface area (Å²) < 4.78 is 10.4. The number of H-pyrrole nitrogens is 1. The van der Waals surface area contributed by atoms with Gasteiger partial charge in [0.05, 0.1) is 12.8 Å². The molecule has 0 saturated heterocycles. The Kier molecular flexibility index (Phi) is 5.44. The second kappa shape index (κ2) is 7.96. The molecule has 7 nitrogen and oxygen atoms in total. The van der Waals surface area contributed by atoms with Crippen molar-refractivity contribution in [2.75, 3.05) is 12.4 Å². The Morgan fingerprint density at radius 2 is 1.86 bits per heavy atom. The predicted molar refractivity (Wildman–Crippen MR) is 106 cm³/mol. The maximum absolute atomic E-state index is 12.4. The molecule has 0 fully saturated rings. The Labute approximate surface area is 161 Å². The van der Waals surface area contributed by atoms with Crippen LogP contribution in [0.4, 0.5) is 5.69 Å². The van der Waals surface area contributed by atoms with E-state index in [1.54, 1.807) is 36.4 Å². The number of carbonyl (C=O) groups is 2. The quantitative estimate of drug-likeness (QED) is 0.663. The van der Waals surface area contributed by atoms with Crippen LogP contribution in [0.2, 0.25) is 0 Å². The number of ether oxygens (including phenoxy) is 2. The highest BCUT2D eigenvalue weighted by molar-refractivity contribution is 5.98. The van der Waals surface area contributed by atoms with Crippen LogP contribution in [0.15, 0.2) is 53.3 Å². The molecule has 3 rings (SSSR count). The Balaban J connectivity index is 1.75. The Hall–Kier alpha value is -3.61. The lowest BCUT2D eigenvalue weighted by Gasteiger charge is -2.15. The van der Waals surface area contributed by atoms with Crippen LogP contribution in [0, 0.1) is 6.92 Å². The highest BCUT2D eigenvalue weighted by Gasteiger charge is 2.21. The summed E-state index contributed by atoms with van der Waals surface area (Å²) in [7, 11) is 1.50. The largest absolute Gasteiger partial charge is 0.495 e. The third-order valence-corrected chi connectivity index (χ3v) is 4.24. The summed E-state index contributed by atoms with van der Waals surface area (Å²) in [5.74, 6) is -0.807. The van der Waals surface area contributed by atoms with Gasteiger partial charge in [0.15, 0.2) is 6.10 Å². The van der Waals surface area contributed by atoms with Crippen molar-refractivity contribution < 1.29 is 19.1 Å². The van der Waals surface area contributed by atoms with Gasteiger partial charge < -0.3 is 19.8 Å². The van der Waals surface area contributed by atoms with Gasteiger partial charge in [-0.1, -0.05) is 24.3 Å². The molecule has 0 spiro atoms. The number of pyridine rings is 1. The molecule has 0 aliphatic rings. The number of methoxy groups -OCH3 is 1. The third-order valence-electron chi connectivity index (χ3n) is 4.24. The first-order valence-corrected chi connectivity index (χ1v) is 8.67. The molecule has 0 saturated carbocycles. The third kappa shape index (κ3) is 4.03. The van der Waals surface area contributed by atoms with E-state index in [0.717, 1.165) is 5.56 Å². The van der Waals surface area contributed by atoms with Crippen molar-refractivity contribution in [2.24, 2.45) is 0 Å². The summed E-state index contributed by atoms with van der Waals surface area (Å²) in [6.07, 6.45) is -1.08. The van der Waals surface area contributed by atoms with Crippen LogP contribution >= 0.6 is 0 Å². The summed E-state index contributed by atoms with van der Waals surface area (Å²) in [6.45, 7) is 3.34. The van der Waals surface area contributed by atoms with Crippen LogP contribution in [0.5, 0.6) is 5.75 Å². The van der Waals surface area contributed by atoms with Crippen molar-refractivity contribution in [3.05, 3.63) is 70.1 Å². The summed E-state index contributed by atoms with van der Waals surface area (Å²) >= 11 is 0. The van der Waals surface area contributed by atoms with E-state index < -0.39 is 23.5 Å². The topological polar surface area (TPSA) is 97.5 Å². The first kappa shape index (κ1) is 19.2. The summed E-state index contributed by atoms with van der Waals surface area (Å²) in [5.41, 5.74) is 1.01. The first-order chi connectivity index (χ1) is 13.4. The second-order valence-electron chi connectivity index (χ2n) is 6.34. The number of hydrogen-bond donors (Lipinski definition) is 2. The minimum atomic E-state index is -1.08. The van der Waals surface area contributed by atoms with Gasteiger partial charge in [-0.2, -0.15) is 0 Å². The van der Waals surface area contributed by atoms with E-state index in [0.29, 0.717) is 22.2 Å². The number of aromatic nitrogens is 1. The first-order valence-electron chi connectivity index (χ1n) is 8.67. The fourth-order valence-corrected chi connectivity index (χ4v) is 2.75. The lowest BCUT2D eigenvalue weighted by Crippen LogP contribution is -2.30. The van der Waals surface area contributed by atoms with E-state index in [1.165, 1.54) is 20.1 Å². The smallest absolute Gasteiger partial charge is 0.355 e. The molecule has 2 aromatic carbocycles. The number of amides is 1. The Morgan fingerprint density at radius 3 is 2.61 bits per heavy atom. The van der Waals surface area contributed by atoms with Crippen LogP contribution in [0.1, 0.15) is 23.0 Å². The van der Waals surface area contributed by atoms with E-state index in [9.17, 15) is 14.4 Å². The lowest BCUT2D eigenvalue weighted by molar-refractivity contribution is -0.123. The number of esters is 1. The van der Waals surface area contributed by atoms with E-state index in [2.05, 4.69) is 10.3 Å². The zero-order chi connectivity index (χ0) is 20.3. The minimum absolute atomic E-state index is 0.0171. The molecule has 0 aliphatic carbocycles.